The molecule has 5 heteroatoms. The van der Waals surface area contributed by atoms with Gasteiger partial charge in [0, 0.05) is 25.7 Å². The molecule has 0 spiro atoms. The Morgan fingerprint density at radius 1 is 1.53 bits per heavy atom. The fraction of sp³-hybridized carbons (Fsp3) is 0.600. The van der Waals surface area contributed by atoms with Crippen molar-refractivity contribution in [1.29, 1.82) is 0 Å². The van der Waals surface area contributed by atoms with Crippen molar-refractivity contribution in [1.82, 2.24) is 15.3 Å². The normalized spacial score (nSPS) is 20.5. The standard InChI is InChI=1S/C10H16N4S/c1-14(8-3-4-11-6-8)9-5-10(15-2)13-7-12-9/h5,7-8,11H,3-4,6H2,1-2H3. The van der Waals surface area contributed by atoms with E-state index in [1.165, 1.54) is 6.42 Å². The smallest absolute Gasteiger partial charge is 0.133 e. The molecule has 1 aromatic rings. The minimum absolute atomic E-state index is 0.564. The lowest BCUT2D eigenvalue weighted by molar-refractivity contribution is 0.675. The zero-order chi connectivity index (χ0) is 10.7. The van der Waals surface area contributed by atoms with E-state index >= 15 is 0 Å². The molecule has 0 amide bonds. The Labute approximate surface area is 94.5 Å². The minimum atomic E-state index is 0.564. The molecule has 0 aliphatic carbocycles. The molecule has 1 fully saturated rings. The molecular formula is C10H16N4S. The first kappa shape index (κ1) is 10.7. The first-order chi connectivity index (χ1) is 7.31. The van der Waals surface area contributed by atoms with Gasteiger partial charge in [-0.1, -0.05) is 0 Å². The summed E-state index contributed by atoms with van der Waals surface area (Å²) in [4.78, 5) is 10.7. The Morgan fingerprint density at radius 2 is 2.40 bits per heavy atom. The second-order valence-electron chi connectivity index (χ2n) is 3.68. The third kappa shape index (κ3) is 2.41. The Kier molecular flexibility index (Phi) is 3.43. The molecule has 1 aliphatic heterocycles. The summed E-state index contributed by atoms with van der Waals surface area (Å²) in [6.45, 7) is 2.16. The molecule has 0 saturated carbocycles. The summed E-state index contributed by atoms with van der Waals surface area (Å²) < 4.78 is 0. The zero-order valence-electron chi connectivity index (χ0n) is 9.10. The number of nitrogens with zero attached hydrogens (tertiary/aromatic N) is 3. The maximum absolute atomic E-state index is 4.31. The molecule has 0 bridgehead atoms. The summed E-state index contributed by atoms with van der Waals surface area (Å²) in [5.74, 6) is 1.02. The SMILES string of the molecule is CSc1cc(N(C)C2CCNC2)ncn1. The van der Waals surface area contributed by atoms with E-state index in [1.807, 2.05) is 12.3 Å². The van der Waals surface area contributed by atoms with Crippen molar-refractivity contribution in [2.45, 2.75) is 17.5 Å². The Hall–Kier alpha value is -0.810. The highest BCUT2D eigenvalue weighted by Crippen LogP contribution is 2.19. The lowest BCUT2D eigenvalue weighted by atomic mass is 10.2. The predicted octanol–water partition coefficient (Wildman–Crippen LogP) is 0.997. The quantitative estimate of drug-likeness (QED) is 0.612. The van der Waals surface area contributed by atoms with Gasteiger partial charge in [-0.2, -0.15) is 0 Å². The molecule has 82 valence electrons. The van der Waals surface area contributed by atoms with Crippen LogP contribution in [0.5, 0.6) is 0 Å². The second-order valence-corrected chi connectivity index (χ2v) is 4.50. The van der Waals surface area contributed by atoms with Crippen molar-refractivity contribution in [3.63, 3.8) is 0 Å². The van der Waals surface area contributed by atoms with Crippen LogP contribution in [0.2, 0.25) is 0 Å². The van der Waals surface area contributed by atoms with Gasteiger partial charge in [-0.3, -0.25) is 0 Å². The summed E-state index contributed by atoms with van der Waals surface area (Å²) >= 11 is 1.65. The average Bonchev–Trinajstić information content (AvgIpc) is 2.81. The molecule has 1 aliphatic rings. The van der Waals surface area contributed by atoms with Crippen molar-refractivity contribution >= 4 is 17.6 Å². The largest absolute Gasteiger partial charge is 0.355 e. The molecule has 15 heavy (non-hydrogen) atoms. The van der Waals surface area contributed by atoms with Crippen LogP contribution in [0.15, 0.2) is 17.4 Å². The van der Waals surface area contributed by atoms with Crippen LogP contribution in [0, 0.1) is 0 Å². The molecular weight excluding hydrogens is 208 g/mol. The average molecular weight is 224 g/mol. The second kappa shape index (κ2) is 4.81. The number of nitrogens with one attached hydrogen (secondary N) is 1. The van der Waals surface area contributed by atoms with Crippen LogP contribution in [0.4, 0.5) is 5.82 Å². The van der Waals surface area contributed by atoms with Gasteiger partial charge in [0.15, 0.2) is 0 Å². The summed E-state index contributed by atoms with van der Waals surface area (Å²) in [6.07, 6.45) is 4.86. The van der Waals surface area contributed by atoms with Gasteiger partial charge >= 0.3 is 0 Å². The van der Waals surface area contributed by atoms with Gasteiger partial charge in [-0.25, -0.2) is 9.97 Å². The van der Waals surface area contributed by atoms with Crippen LogP contribution in [-0.4, -0.2) is 42.4 Å². The number of rotatable bonds is 3. The Bertz CT molecular complexity index is 325. The fourth-order valence-corrected chi connectivity index (χ4v) is 2.17. The Morgan fingerprint density at radius 3 is 3.07 bits per heavy atom. The minimum Gasteiger partial charge on any atom is -0.355 e. The van der Waals surface area contributed by atoms with E-state index in [-0.39, 0.29) is 0 Å². The molecule has 2 rings (SSSR count). The predicted molar refractivity (Wildman–Crippen MR) is 63.5 cm³/mol. The van der Waals surface area contributed by atoms with Crippen LogP contribution in [0.3, 0.4) is 0 Å². The first-order valence-electron chi connectivity index (χ1n) is 5.11. The number of hydrogen-bond acceptors (Lipinski definition) is 5. The highest BCUT2D eigenvalue weighted by Gasteiger charge is 2.20. The van der Waals surface area contributed by atoms with E-state index in [0.717, 1.165) is 23.9 Å². The highest BCUT2D eigenvalue weighted by molar-refractivity contribution is 7.98. The van der Waals surface area contributed by atoms with Crippen molar-refractivity contribution in [3.05, 3.63) is 12.4 Å². The van der Waals surface area contributed by atoms with Crippen molar-refractivity contribution in [3.8, 4) is 0 Å². The van der Waals surface area contributed by atoms with E-state index in [2.05, 4.69) is 27.2 Å². The van der Waals surface area contributed by atoms with Crippen molar-refractivity contribution in [2.75, 3.05) is 31.3 Å². The lowest BCUT2D eigenvalue weighted by Gasteiger charge is -2.24. The van der Waals surface area contributed by atoms with E-state index < -0.39 is 0 Å². The summed E-state index contributed by atoms with van der Waals surface area (Å²) in [6, 6.07) is 2.61. The third-order valence-corrected chi connectivity index (χ3v) is 3.42. The van der Waals surface area contributed by atoms with Gasteiger partial charge in [0.25, 0.3) is 0 Å². The van der Waals surface area contributed by atoms with Gasteiger partial charge in [0.1, 0.15) is 17.2 Å². The van der Waals surface area contributed by atoms with Crippen LogP contribution in [-0.2, 0) is 0 Å². The lowest BCUT2D eigenvalue weighted by Crippen LogP contribution is -2.33. The summed E-state index contributed by atoms with van der Waals surface area (Å²) in [5.41, 5.74) is 0. The topological polar surface area (TPSA) is 41.0 Å². The summed E-state index contributed by atoms with van der Waals surface area (Å²) in [7, 11) is 2.10. The van der Waals surface area contributed by atoms with Crippen LogP contribution >= 0.6 is 11.8 Å². The molecule has 0 radical (unpaired) electrons. The van der Waals surface area contributed by atoms with Crippen molar-refractivity contribution < 1.29 is 0 Å². The molecule has 0 aromatic carbocycles. The maximum atomic E-state index is 4.31. The Balaban J connectivity index is 2.13. The molecule has 1 aromatic heterocycles. The number of likely N-dealkylation sites (N-methyl/N-ethyl adjacent to an activating group) is 1. The van der Waals surface area contributed by atoms with Gasteiger partial charge in [0.2, 0.25) is 0 Å². The van der Waals surface area contributed by atoms with E-state index in [1.54, 1.807) is 18.1 Å². The molecule has 2 heterocycles. The number of aromatic nitrogens is 2. The first-order valence-corrected chi connectivity index (χ1v) is 6.33. The number of hydrogen-bond donors (Lipinski definition) is 1. The third-order valence-electron chi connectivity index (χ3n) is 2.78. The summed E-state index contributed by atoms with van der Waals surface area (Å²) in [5, 5.41) is 4.39. The van der Waals surface area contributed by atoms with Crippen LogP contribution in [0.25, 0.3) is 0 Å². The van der Waals surface area contributed by atoms with Gasteiger partial charge in [-0.05, 0) is 19.2 Å². The van der Waals surface area contributed by atoms with Crippen LogP contribution in [0.1, 0.15) is 6.42 Å². The zero-order valence-corrected chi connectivity index (χ0v) is 9.92. The van der Waals surface area contributed by atoms with E-state index in [0.29, 0.717) is 6.04 Å². The molecule has 1 saturated heterocycles. The van der Waals surface area contributed by atoms with E-state index in [9.17, 15) is 0 Å². The van der Waals surface area contributed by atoms with Crippen LogP contribution < -0.4 is 10.2 Å². The molecule has 4 nitrogen and oxygen atoms in total. The van der Waals surface area contributed by atoms with Crippen molar-refractivity contribution in [2.24, 2.45) is 0 Å². The van der Waals surface area contributed by atoms with Gasteiger partial charge in [-0.15, -0.1) is 11.8 Å². The maximum Gasteiger partial charge on any atom is 0.133 e. The fourth-order valence-electron chi connectivity index (χ4n) is 1.79. The molecule has 1 atom stereocenters. The van der Waals surface area contributed by atoms with E-state index in [4.69, 9.17) is 0 Å². The van der Waals surface area contributed by atoms with Gasteiger partial charge < -0.3 is 10.2 Å². The number of anilines is 1. The number of thioether (sulfide) groups is 1. The molecule has 1 N–H and O–H groups in total. The highest BCUT2D eigenvalue weighted by atomic mass is 32.2. The molecule has 1 unspecified atom stereocenters. The monoisotopic (exact) mass is 224 g/mol. The van der Waals surface area contributed by atoms with Gasteiger partial charge in [0.05, 0.1) is 0 Å².